The van der Waals surface area contributed by atoms with Gasteiger partial charge in [-0.25, -0.2) is 8.42 Å². The summed E-state index contributed by atoms with van der Waals surface area (Å²) in [6.45, 7) is 0. The maximum Gasteiger partial charge on any atom is 0.416 e. The second-order valence-electron chi connectivity index (χ2n) is 5.12. The van der Waals surface area contributed by atoms with Gasteiger partial charge in [0, 0.05) is 6.04 Å². The van der Waals surface area contributed by atoms with Crippen LogP contribution in [0, 0.1) is 0 Å². The minimum absolute atomic E-state index is 0.0652. The number of hydrogen-bond acceptors (Lipinski definition) is 3. The van der Waals surface area contributed by atoms with Gasteiger partial charge in [0.2, 0.25) is 0 Å². The fourth-order valence-electron chi connectivity index (χ4n) is 2.49. The van der Waals surface area contributed by atoms with E-state index in [1.54, 1.807) is 0 Å². The van der Waals surface area contributed by atoms with Crippen molar-refractivity contribution in [2.45, 2.75) is 48.0 Å². The van der Waals surface area contributed by atoms with Crippen molar-refractivity contribution in [2.75, 3.05) is 0 Å². The monoisotopic (exact) mass is 307 g/mol. The zero-order chi connectivity index (χ0) is 15.0. The number of halogens is 3. The van der Waals surface area contributed by atoms with Crippen molar-refractivity contribution >= 4 is 9.84 Å². The first-order chi connectivity index (χ1) is 9.21. The molecule has 112 valence electrons. The largest absolute Gasteiger partial charge is 0.416 e. The lowest BCUT2D eigenvalue weighted by Gasteiger charge is -2.26. The Bertz CT molecular complexity index is 566. The third kappa shape index (κ3) is 3.15. The summed E-state index contributed by atoms with van der Waals surface area (Å²) in [4.78, 5) is -0.0652. The van der Waals surface area contributed by atoms with E-state index in [-0.39, 0.29) is 10.9 Å². The Balaban J connectivity index is 2.26. The van der Waals surface area contributed by atoms with Crippen molar-refractivity contribution < 1.29 is 21.6 Å². The van der Waals surface area contributed by atoms with E-state index >= 15 is 0 Å². The van der Waals surface area contributed by atoms with Crippen LogP contribution in [-0.2, 0) is 16.0 Å². The lowest BCUT2D eigenvalue weighted by atomic mass is 9.96. The Labute approximate surface area is 115 Å². The smallest absolute Gasteiger partial charge is 0.328 e. The Hall–Kier alpha value is -1.08. The van der Waals surface area contributed by atoms with Crippen LogP contribution in [0.25, 0.3) is 0 Å². The zero-order valence-electron chi connectivity index (χ0n) is 10.7. The van der Waals surface area contributed by atoms with Gasteiger partial charge < -0.3 is 5.73 Å². The number of rotatable bonds is 2. The van der Waals surface area contributed by atoms with Gasteiger partial charge in [-0.1, -0.05) is 6.42 Å². The number of sulfone groups is 1. The zero-order valence-corrected chi connectivity index (χ0v) is 11.5. The Morgan fingerprint density at radius 1 is 1.10 bits per heavy atom. The van der Waals surface area contributed by atoms with Crippen LogP contribution < -0.4 is 5.73 Å². The van der Waals surface area contributed by atoms with Crippen LogP contribution in [0.1, 0.15) is 31.2 Å². The summed E-state index contributed by atoms with van der Waals surface area (Å²) < 4.78 is 62.1. The molecule has 0 spiro atoms. The van der Waals surface area contributed by atoms with E-state index in [0.717, 1.165) is 37.1 Å². The lowest BCUT2D eigenvalue weighted by molar-refractivity contribution is -0.137. The fraction of sp³-hybridized carbons (Fsp3) is 0.538. The summed E-state index contributed by atoms with van der Waals surface area (Å²) in [5, 5.41) is -0.594. The minimum Gasteiger partial charge on any atom is -0.328 e. The van der Waals surface area contributed by atoms with E-state index < -0.39 is 26.8 Å². The van der Waals surface area contributed by atoms with Crippen molar-refractivity contribution in [3.8, 4) is 0 Å². The Morgan fingerprint density at radius 2 is 1.70 bits per heavy atom. The topological polar surface area (TPSA) is 60.2 Å². The van der Waals surface area contributed by atoms with Gasteiger partial charge in [0.15, 0.2) is 9.84 Å². The van der Waals surface area contributed by atoms with Crippen LogP contribution in [0.15, 0.2) is 29.2 Å². The molecule has 0 bridgehead atoms. The third-order valence-corrected chi connectivity index (χ3v) is 5.85. The quantitative estimate of drug-likeness (QED) is 0.914. The number of alkyl halides is 3. The van der Waals surface area contributed by atoms with Gasteiger partial charge in [0.25, 0.3) is 0 Å². The molecule has 2 unspecified atom stereocenters. The first-order valence-corrected chi connectivity index (χ1v) is 7.92. The van der Waals surface area contributed by atoms with E-state index in [2.05, 4.69) is 0 Å². The van der Waals surface area contributed by atoms with E-state index in [1.165, 1.54) is 0 Å². The van der Waals surface area contributed by atoms with Gasteiger partial charge in [0.05, 0.1) is 15.7 Å². The van der Waals surface area contributed by atoms with Crippen LogP contribution in [0.4, 0.5) is 13.2 Å². The Morgan fingerprint density at radius 3 is 2.20 bits per heavy atom. The van der Waals surface area contributed by atoms with Crippen LogP contribution >= 0.6 is 0 Å². The standard InChI is InChI=1S/C13H16F3NO2S/c14-13(15,16)9-4-6-11(7-5-9)20(18,19)12-3-1-2-10(17)8-12/h4-7,10,12H,1-3,8,17H2. The minimum atomic E-state index is -4.46. The van der Waals surface area contributed by atoms with Crippen molar-refractivity contribution in [3.63, 3.8) is 0 Å². The van der Waals surface area contributed by atoms with Crippen LogP contribution in [0.2, 0.25) is 0 Å². The number of nitrogens with two attached hydrogens (primary N) is 1. The fourth-order valence-corrected chi connectivity index (χ4v) is 4.37. The van der Waals surface area contributed by atoms with E-state index in [0.29, 0.717) is 12.8 Å². The summed E-state index contributed by atoms with van der Waals surface area (Å²) in [6, 6.07) is 3.50. The molecular weight excluding hydrogens is 291 g/mol. The summed E-state index contributed by atoms with van der Waals surface area (Å²) in [5.41, 5.74) is 4.92. The van der Waals surface area contributed by atoms with Crippen LogP contribution in [0.3, 0.4) is 0 Å². The molecule has 0 amide bonds. The third-order valence-electron chi connectivity index (χ3n) is 3.62. The van der Waals surface area contributed by atoms with Gasteiger partial charge in [0.1, 0.15) is 0 Å². The molecule has 7 heteroatoms. The highest BCUT2D eigenvalue weighted by Gasteiger charge is 2.34. The molecule has 0 saturated heterocycles. The molecule has 0 radical (unpaired) electrons. The highest BCUT2D eigenvalue weighted by Crippen LogP contribution is 2.32. The average molecular weight is 307 g/mol. The predicted octanol–water partition coefficient (Wildman–Crippen LogP) is 2.75. The molecule has 0 heterocycles. The summed E-state index contributed by atoms with van der Waals surface area (Å²) >= 11 is 0. The van der Waals surface area contributed by atoms with E-state index in [1.807, 2.05) is 0 Å². The Kier molecular flexibility index (Phi) is 4.11. The van der Waals surface area contributed by atoms with Gasteiger partial charge >= 0.3 is 6.18 Å². The van der Waals surface area contributed by atoms with Crippen molar-refractivity contribution in [1.82, 2.24) is 0 Å². The first kappa shape index (κ1) is 15.3. The molecule has 2 atom stereocenters. The predicted molar refractivity (Wildman–Crippen MR) is 68.9 cm³/mol. The maximum atomic E-state index is 12.5. The van der Waals surface area contributed by atoms with Gasteiger partial charge in [-0.05, 0) is 43.5 Å². The van der Waals surface area contributed by atoms with Crippen molar-refractivity contribution in [1.29, 1.82) is 0 Å². The molecule has 1 saturated carbocycles. The molecule has 1 aromatic carbocycles. The molecule has 0 aliphatic heterocycles. The molecule has 1 aliphatic rings. The summed E-state index contributed by atoms with van der Waals surface area (Å²) in [5.74, 6) is 0. The molecule has 1 fully saturated rings. The molecule has 2 N–H and O–H groups in total. The van der Waals surface area contributed by atoms with E-state index in [4.69, 9.17) is 5.73 Å². The molecule has 1 aliphatic carbocycles. The van der Waals surface area contributed by atoms with Crippen LogP contribution in [-0.4, -0.2) is 19.7 Å². The maximum absolute atomic E-state index is 12.5. The van der Waals surface area contributed by atoms with Crippen LogP contribution in [0.5, 0.6) is 0 Å². The van der Waals surface area contributed by atoms with Gasteiger partial charge in [-0.3, -0.25) is 0 Å². The molecule has 20 heavy (non-hydrogen) atoms. The first-order valence-electron chi connectivity index (χ1n) is 6.38. The second kappa shape index (κ2) is 5.37. The van der Waals surface area contributed by atoms with Gasteiger partial charge in [-0.2, -0.15) is 13.2 Å². The highest BCUT2D eigenvalue weighted by molar-refractivity contribution is 7.92. The molecule has 0 aromatic heterocycles. The number of hydrogen-bond donors (Lipinski definition) is 1. The molecule has 2 rings (SSSR count). The lowest BCUT2D eigenvalue weighted by Crippen LogP contribution is -2.35. The summed E-state index contributed by atoms with van der Waals surface area (Å²) in [6.07, 6.45) is -2.07. The van der Waals surface area contributed by atoms with Gasteiger partial charge in [-0.15, -0.1) is 0 Å². The van der Waals surface area contributed by atoms with Crippen molar-refractivity contribution in [2.24, 2.45) is 5.73 Å². The molecule has 3 nitrogen and oxygen atoms in total. The average Bonchev–Trinajstić information content (AvgIpc) is 2.38. The van der Waals surface area contributed by atoms with Crippen molar-refractivity contribution in [3.05, 3.63) is 29.8 Å². The normalized spacial score (nSPS) is 24.6. The number of benzene rings is 1. The summed E-state index contributed by atoms with van der Waals surface area (Å²) in [7, 11) is -3.60. The molecular formula is C13H16F3NO2S. The van der Waals surface area contributed by atoms with E-state index in [9.17, 15) is 21.6 Å². The second-order valence-corrected chi connectivity index (χ2v) is 7.34. The highest BCUT2D eigenvalue weighted by atomic mass is 32.2. The molecule has 1 aromatic rings. The SMILES string of the molecule is NC1CCCC(S(=O)(=O)c2ccc(C(F)(F)F)cc2)C1.